The summed E-state index contributed by atoms with van der Waals surface area (Å²) < 4.78 is -0.860. The van der Waals surface area contributed by atoms with Gasteiger partial charge in [-0.2, -0.15) is 0 Å². The van der Waals surface area contributed by atoms with E-state index in [4.69, 9.17) is 0 Å². The van der Waals surface area contributed by atoms with Crippen LogP contribution in [0.5, 0.6) is 0 Å². The van der Waals surface area contributed by atoms with Crippen LogP contribution in [0.2, 0.25) is 0 Å². The molecule has 3 atom stereocenters. The van der Waals surface area contributed by atoms with Gasteiger partial charge in [0, 0.05) is 22.4 Å². The van der Waals surface area contributed by atoms with Crippen LogP contribution < -0.4 is 5.32 Å². The highest BCUT2D eigenvalue weighted by Crippen LogP contribution is 2.55. The summed E-state index contributed by atoms with van der Waals surface area (Å²) in [4.78, 5) is 60.7. The second kappa shape index (κ2) is 6.30. The molecule has 3 rings (SSSR count). The molecule has 0 aromatic heterocycles. The van der Waals surface area contributed by atoms with Crippen LogP contribution in [0.1, 0.15) is 31.1 Å². The number of Topliss-reactive ketones (excluding diaryl/α,β-unsaturated/α-hetero) is 1. The van der Waals surface area contributed by atoms with Crippen LogP contribution in [0.3, 0.4) is 0 Å². The number of ketones is 1. The van der Waals surface area contributed by atoms with Crippen LogP contribution in [0, 0.1) is 10.1 Å². The van der Waals surface area contributed by atoms with E-state index in [-0.39, 0.29) is 11.3 Å². The lowest BCUT2D eigenvalue weighted by molar-refractivity contribution is -0.384. The molecule has 1 aromatic rings. The first-order chi connectivity index (χ1) is 12.9. The number of nitrogens with one attached hydrogen (secondary N) is 1. The molecule has 1 unspecified atom stereocenters. The van der Waals surface area contributed by atoms with E-state index in [1.165, 1.54) is 12.1 Å². The number of β-lactam (4-membered cyclic amide) rings is 1. The van der Waals surface area contributed by atoms with Crippen LogP contribution in [0.25, 0.3) is 0 Å². The number of hydrogen-bond acceptors (Lipinski definition) is 7. The number of aliphatic carboxylic acids is 1. The zero-order valence-electron chi connectivity index (χ0n) is 15.2. The van der Waals surface area contributed by atoms with Gasteiger partial charge in [-0.1, -0.05) is 0 Å². The first-order valence-electron chi connectivity index (χ1n) is 8.25. The van der Waals surface area contributed by atoms with E-state index in [0.717, 1.165) is 35.7 Å². The predicted octanol–water partition coefficient (Wildman–Crippen LogP) is 0.799. The third kappa shape index (κ3) is 2.65. The lowest BCUT2D eigenvalue weighted by Crippen LogP contribution is -2.82. The van der Waals surface area contributed by atoms with Crippen LogP contribution in [-0.2, 0) is 14.4 Å². The van der Waals surface area contributed by atoms with Gasteiger partial charge in [0.1, 0.15) is 11.4 Å². The third-order valence-corrected chi connectivity index (χ3v) is 6.62. The Hall–Kier alpha value is -2.95. The monoisotopic (exact) mass is 407 g/mol. The van der Waals surface area contributed by atoms with E-state index in [1.54, 1.807) is 13.8 Å². The summed E-state index contributed by atoms with van der Waals surface area (Å²) in [7, 11) is 0. The number of carbonyl (C=O) groups excluding carboxylic acids is 3. The Labute approximate surface area is 163 Å². The largest absolute Gasteiger partial charge is 0.480 e. The molecule has 2 saturated heterocycles. The number of non-ortho nitro benzene ring substituents is 1. The molecule has 2 aliphatic heterocycles. The minimum Gasteiger partial charge on any atom is -0.480 e. The molecule has 148 valence electrons. The number of carboxylic acid groups (broad SMARTS) is 1. The number of nitrogens with zero attached hydrogens (tertiary/aromatic N) is 2. The number of carboxylic acids is 1. The Morgan fingerprint density at radius 1 is 1.25 bits per heavy atom. The fourth-order valence-corrected chi connectivity index (χ4v) is 5.33. The Bertz CT molecular complexity index is 914. The number of nitro groups is 1. The Morgan fingerprint density at radius 2 is 1.82 bits per heavy atom. The van der Waals surface area contributed by atoms with Gasteiger partial charge in [-0.3, -0.25) is 24.5 Å². The smallest absolute Gasteiger partial charge is 0.327 e. The Balaban J connectivity index is 1.91. The molecule has 0 saturated carbocycles. The molecule has 2 N–H and O–H groups in total. The van der Waals surface area contributed by atoms with Crippen molar-refractivity contribution in [1.29, 1.82) is 0 Å². The van der Waals surface area contributed by atoms with Crippen LogP contribution >= 0.6 is 11.8 Å². The number of fused-ring (bicyclic) bond motifs is 1. The Morgan fingerprint density at radius 3 is 2.29 bits per heavy atom. The highest BCUT2D eigenvalue weighted by molar-refractivity contribution is 8.01. The minimum atomic E-state index is -1.87. The summed E-state index contributed by atoms with van der Waals surface area (Å²) in [6.45, 7) is 4.48. The number of amides is 2. The Kier molecular flexibility index (Phi) is 4.45. The van der Waals surface area contributed by atoms with Gasteiger partial charge in [0.05, 0.1) is 4.92 Å². The molecule has 11 heteroatoms. The maximum Gasteiger partial charge on any atom is 0.327 e. The number of hydrogen-bond donors (Lipinski definition) is 2. The minimum absolute atomic E-state index is 0.0366. The lowest BCUT2D eigenvalue weighted by atomic mass is 9.81. The van der Waals surface area contributed by atoms with E-state index in [1.807, 2.05) is 0 Å². The third-order valence-electron chi connectivity index (χ3n) is 4.99. The van der Waals surface area contributed by atoms with Crippen molar-refractivity contribution in [2.24, 2.45) is 0 Å². The van der Waals surface area contributed by atoms with Crippen LogP contribution in [0.4, 0.5) is 5.69 Å². The number of nitro benzene ring substituents is 1. The summed E-state index contributed by atoms with van der Waals surface area (Å²) in [5.74, 6) is -3.32. The van der Waals surface area contributed by atoms with Gasteiger partial charge in [-0.15, -0.1) is 11.8 Å². The molecule has 10 nitrogen and oxygen atoms in total. The molecule has 28 heavy (non-hydrogen) atoms. The maximum absolute atomic E-state index is 12.8. The van der Waals surface area contributed by atoms with Crippen molar-refractivity contribution in [3.63, 3.8) is 0 Å². The summed E-state index contributed by atoms with van der Waals surface area (Å²) in [5.41, 5.74) is -2.04. The highest BCUT2D eigenvalue weighted by atomic mass is 32.2. The average Bonchev–Trinajstić information content (AvgIpc) is 2.87. The van der Waals surface area contributed by atoms with Crippen molar-refractivity contribution < 1.29 is 29.2 Å². The fourth-order valence-electron chi connectivity index (χ4n) is 3.57. The fraction of sp³-hybridized carbons (Fsp3) is 0.412. The SMILES string of the molecule is CC(=O)C1(NC(=O)c2ccc([N+](=O)[O-])cc2)C(=O)N2[C@@H](C(=O)O)C(C)(C)S[C@@H]21. The average molecular weight is 407 g/mol. The maximum atomic E-state index is 12.8. The van der Waals surface area contributed by atoms with Crippen molar-refractivity contribution in [2.75, 3.05) is 0 Å². The van der Waals surface area contributed by atoms with Gasteiger partial charge in [-0.05, 0) is 32.9 Å². The standard InChI is InChI=1S/C17H17N3O7S/c1-8(21)17(18-12(22)9-4-6-10(7-5-9)20(26)27)14(25)19-11(13(23)24)16(2,3)28-15(17)19/h4-7,11,15H,1-3H3,(H,18,22)(H,23,24)/t11-,15+,17?/m0/s1. The summed E-state index contributed by atoms with van der Waals surface area (Å²) in [6.07, 6.45) is 0. The molecule has 0 aliphatic carbocycles. The first kappa shape index (κ1) is 19.8. The van der Waals surface area contributed by atoms with Gasteiger partial charge in [0.15, 0.2) is 5.78 Å². The zero-order chi connectivity index (χ0) is 21.0. The van der Waals surface area contributed by atoms with Gasteiger partial charge in [0.2, 0.25) is 5.54 Å². The second-order valence-electron chi connectivity index (χ2n) is 7.15. The van der Waals surface area contributed by atoms with Crippen molar-refractivity contribution in [3.8, 4) is 0 Å². The summed E-state index contributed by atoms with van der Waals surface area (Å²) >= 11 is 1.14. The van der Waals surface area contributed by atoms with Crippen molar-refractivity contribution >= 4 is 41.0 Å². The molecule has 0 bridgehead atoms. The van der Waals surface area contributed by atoms with E-state index in [0.29, 0.717) is 0 Å². The summed E-state index contributed by atoms with van der Waals surface area (Å²) in [6, 6.07) is 3.58. The quantitative estimate of drug-likeness (QED) is 0.315. The number of rotatable bonds is 5. The van der Waals surface area contributed by atoms with Crippen molar-refractivity contribution in [3.05, 3.63) is 39.9 Å². The molecule has 2 aliphatic rings. The zero-order valence-corrected chi connectivity index (χ0v) is 16.0. The van der Waals surface area contributed by atoms with E-state index < -0.39 is 50.2 Å². The molecular formula is C17H17N3O7S. The number of benzene rings is 1. The molecule has 2 heterocycles. The molecule has 2 amide bonds. The van der Waals surface area contributed by atoms with Crippen LogP contribution in [0.15, 0.2) is 24.3 Å². The van der Waals surface area contributed by atoms with Crippen molar-refractivity contribution in [2.45, 2.75) is 42.5 Å². The van der Waals surface area contributed by atoms with Gasteiger partial charge < -0.3 is 15.3 Å². The number of thioether (sulfide) groups is 1. The van der Waals surface area contributed by atoms with Gasteiger partial charge >= 0.3 is 5.97 Å². The van der Waals surface area contributed by atoms with E-state index in [2.05, 4.69) is 5.32 Å². The van der Waals surface area contributed by atoms with E-state index in [9.17, 15) is 34.4 Å². The topological polar surface area (TPSA) is 147 Å². The van der Waals surface area contributed by atoms with Crippen LogP contribution in [-0.4, -0.2) is 60.2 Å². The predicted molar refractivity (Wildman–Crippen MR) is 97.7 cm³/mol. The first-order valence-corrected chi connectivity index (χ1v) is 9.13. The molecule has 0 radical (unpaired) electrons. The summed E-state index contributed by atoms with van der Waals surface area (Å²) in [5, 5.41) is 21.8. The normalized spacial score (nSPS) is 27.5. The lowest BCUT2D eigenvalue weighted by Gasteiger charge is -2.51. The molecule has 0 spiro atoms. The van der Waals surface area contributed by atoms with Gasteiger partial charge in [-0.25, -0.2) is 4.79 Å². The number of carbonyl (C=O) groups is 4. The highest BCUT2D eigenvalue weighted by Gasteiger charge is 2.74. The van der Waals surface area contributed by atoms with Crippen molar-refractivity contribution in [1.82, 2.24) is 10.2 Å². The molecule has 2 fully saturated rings. The second-order valence-corrected chi connectivity index (χ2v) is 8.88. The molecular weight excluding hydrogens is 390 g/mol. The molecule has 1 aromatic carbocycles. The van der Waals surface area contributed by atoms with Gasteiger partial charge in [0.25, 0.3) is 17.5 Å². The van der Waals surface area contributed by atoms with E-state index >= 15 is 0 Å².